The maximum Gasteiger partial charge on any atom is 0.398 e. The van der Waals surface area contributed by atoms with Crippen LogP contribution in [0.5, 0.6) is 5.75 Å². The first-order chi connectivity index (χ1) is 13.9. The topological polar surface area (TPSA) is 58.1 Å². The number of hydrogen-bond acceptors (Lipinski definition) is 3. The summed E-state index contributed by atoms with van der Waals surface area (Å²) < 4.78 is 61.7. The van der Waals surface area contributed by atoms with Crippen LogP contribution in [0.2, 0.25) is 0 Å². The van der Waals surface area contributed by atoms with Gasteiger partial charge in [0.1, 0.15) is 11.6 Å². The van der Waals surface area contributed by atoms with Crippen LogP contribution in [-0.2, 0) is 11.8 Å². The molecule has 0 amide bonds. The van der Waals surface area contributed by atoms with Crippen molar-refractivity contribution in [1.29, 1.82) is 0 Å². The molecule has 2 unspecified atom stereocenters. The average molecular weight is 424 g/mol. The van der Waals surface area contributed by atoms with Gasteiger partial charge in [0.2, 0.25) is 0 Å². The van der Waals surface area contributed by atoms with E-state index in [9.17, 15) is 22.7 Å². The highest BCUT2D eigenvalue weighted by molar-refractivity contribution is 5.83. The van der Waals surface area contributed by atoms with Crippen molar-refractivity contribution in [2.45, 2.75) is 50.8 Å². The Bertz CT molecular complexity index is 1060. The van der Waals surface area contributed by atoms with Gasteiger partial charge in [-0.05, 0) is 57.0 Å². The highest BCUT2D eigenvalue weighted by Crippen LogP contribution is 2.49. The predicted octanol–water partition coefficient (Wildman–Crippen LogP) is 5.22. The summed E-state index contributed by atoms with van der Waals surface area (Å²) >= 11 is 0. The van der Waals surface area contributed by atoms with Crippen molar-refractivity contribution in [3.8, 4) is 5.75 Å². The summed E-state index contributed by atoms with van der Waals surface area (Å²) in [6, 6.07) is 4.79. The fraction of sp³-hybridized carbons (Fsp3) is 0.409. The molecule has 0 saturated carbocycles. The molecule has 0 fully saturated rings. The molecule has 0 aliphatic carbocycles. The molecule has 2 aromatic heterocycles. The monoisotopic (exact) mass is 424 g/mol. The molecule has 2 heterocycles. The molecule has 0 spiro atoms. The molecular formula is C22H24F4N2O2. The van der Waals surface area contributed by atoms with Crippen molar-refractivity contribution >= 4 is 10.9 Å². The average Bonchev–Trinajstić information content (AvgIpc) is 2.95. The van der Waals surface area contributed by atoms with Crippen LogP contribution in [0, 0.1) is 12.7 Å². The van der Waals surface area contributed by atoms with Crippen LogP contribution in [0.4, 0.5) is 17.6 Å². The van der Waals surface area contributed by atoms with Gasteiger partial charge in [0.25, 0.3) is 0 Å². The van der Waals surface area contributed by atoms with Gasteiger partial charge in [0.05, 0.1) is 18.1 Å². The van der Waals surface area contributed by atoms with Gasteiger partial charge in [-0.25, -0.2) is 4.39 Å². The largest absolute Gasteiger partial charge is 0.496 e. The fourth-order valence-corrected chi connectivity index (χ4v) is 4.06. The SMILES string of the molecule is COc1ccc(F)cc1C(C)(CC(C)(O)Cc1[nH]c2ccncc2c1C)C(F)(F)F. The minimum absolute atomic E-state index is 0.0448. The number of alkyl halides is 3. The zero-order valence-corrected chi connectivity index (χ0v) is 17.2. The number of nitrogens with one attached hydrogen (secondary N) is 1. The first kappa shape index (κ1) is 22.1. The molecule has 30 heavy (non-hydrogen) atoms. The number of methoxy groups -OCH3 is 1. The molecule has 162 valence electrons. The second kappa shape index (κ2) is 7.58. The lowest BCUT2D eigenvalue weighted by Gasteiger charge is -2.39. The van der Waals surface area contributed by atoms with Gasteiger partial charge >= 0.3 is 6.18 Å². The van der Waals surface area contributed by atoms with Gasteiger partial charge in [-0.2, -0.15) is 13.2 Å². The Hall–Kier alpha value is -2.61. The van der Waals surface area contributed by atoms with Crippen LogP contribution in [0.3, 0.4) is 0 Å². The lowest BCUT2D eigenvalue weighted by Crippen LogP contribution is -2.47. The van der Waals surface area contributed by atoms with Gasteiger partial charge in [-0.3, -0.25) is 4.98 Å². The highest BCUT2D eigenvalue weighted by Gasteiger charge is 2.56. The molecule has 3 aromatic rings. The molecule has 4 nitrogen and oxygen atoms in total. The van der Waals surface area contributed by atoms with E-state index in [0.717, 1.165) is 41.6 Å². The number of nitrogens with zero attached hydrogens (tertiary/aromatic N) is 1. The third-order valence-electron chi connectivity index (χ3n) is 5.64. The number of aromatic amines is 1. The van der Waals surface area contributed by atoms with Crippen molar-refractivity contribution in [1.82, 2.24) is 9.97 Å². The standard InChI is InChI=1S/C22H24F4N2O2/c1-13-15-11-27-8-7-17(15)28-18(13)10-20(2,29)12-21(3,22(24,25)26)16-9-14(23)5-6-19(16)30-4/h5-9,11,28-29H,10,12H2,1-4H3. The Labute approximate surface area is 171 Å². The minimum atomic E-state index is -4.75. The maximum absolute atomic E-state index is 14.2. The fourth-order valence-electron chi connectivity index (χ4n) is 4.06. The van der Waals surface area contributed by atoms with Crippen LogP contribution < -0.4 is 4.74 Å². The van der Waals surface area contributed by atoms with Crippen molar-refractivity contribution in [3.63, 3.8) is 0 Å². The van der Waals surface area contributed by atoms with Gasteiger partial charge < -0.3 is 14.8 Å². The lowest BCUT2D eigenvalue weighted by atomic mass is 9.72. The lowest BCUT2D eigenvalue weighted by molar-refractivity contribution is -0.200. The third-order valence-corrected chi connectivity index (χ3v) is 5.64. The van der Waals surface area contributed by atoms with Crippen molar-refractivity contribution in [2.24, 2.45) is 0 Å². The molecular weight excluding hydrogens is 400 g/mol. The summed E-state index contributed by atoms with van der Waals surface area (Å²) in [6.07, 6.45) is -2.21. The smallest absolute Gasteiger partial charge is 0.398 e. The summed E-state index contributed by atoms with van der Waals surface area (Å²) in [4.78, 5) is 7.21. The van der Waals surface area contributed by atoms with Crippen LogP contribution in [0.15, 0.2) is 36.7 Å². The minimum Gasteiger partial charge on any atom is -0.496 e. The number of hydrogen-bond donors (Lipinski definition) is 2. The maximum atomic E-state index is 14.2. The number of aryl methyl sites for hydroxylation is 1. The molecule has 3 rings (SSSR count). The number of fused-ring (bicyclic) bond motifs is 1. The van der Waals surface area contributed by atoms with Crippen LogP contribution in [0.1, 0.15) is 37.1 Å². The Balaban J connectivity index is 2.02. The summed E-state index contributed by atoms with van der Waals surface area (Å²) in [5, 5.41) is 11.9. The molecule has 0 aliphatic rings. The second-order valence-corrected chi connectivity index (χ2v) is 8.17. The van der Waals surface area contributed by atoms with E-state index in [1.54, 1.807) is 18.5 Å². The third kappa shape index (κ3) is 4.01. The Morgan fingerprint density at radius 1 is 1.17 bits per heavy atom. The number of H-pyrrole nitrogens is 1. The van der Waals surface area contributed by atoms with Gasteiger partial charge in [0, 0.05) is 41.0 Å². The first-order valence-corrected chi connectivity index (χ1v) is 9.42. The summed E-state index contributed by atoms with van der Waals surface area (Å²) in [6.45, 7) is 4.14. The quantitative estimate of drug-likeness (QED) is 0.533. The zero-order valence-electron chi connectivity index (χ0n) is 17.2. The Morgan fingerprint density at radius 2 is 1.87 bits per heavy atom. The van der Waals surface area contributed by atoms with E-state index >= 15 is 0 Å². The van der Waals surface area contributed by atoms with E-state index < -0.39 is 29.4 Å². The Kier molecular flexibility index (Phi) is 5.58. The first-order valence-electron chi connectivity index (χ1n) is 9.42. The van der Waals surface area contributed by atoms with Gasteiger partial charge in [0.15, 0.2) is 0 Å². The van der Waals surface area contributed by atoms with Crippen LogP contribution in [0.25, 0.3) is 10.9 Å². The number of pyridine rings is 1. The number of ether oxygens (including phenoxy) is 1. The predicted molar refractivity (Wildman–Crippen MR) is 106 cm³/mol. The molecule has 2 atom stereocenters. The molecule has 0 radical (unpaired) electrons. The molecule has 2 N–H and O–H groups in total. The van der Waals surface area contributed by atoms with E-state index in [1.165, 1.54) is 14.0 Å². The summed E-state index contributed by atoms with van der Waals surface area (Å²) in [5.74, 6) is -0.889. The van der Waals surface area contributed by atoms with Gasteiger partial charge in [-0.15, -0.1) is 0 Å². The Morgan fingerprint density at radius 3 is 2.47 bits per heavy atom. The van der Waals surface area contributed by atoms with E-state index in [1.807, 2.05) is 6.92 Å². The summed E-state index contributed by atoms with van der Waals surface area (Å²) in [7, 11) is 1.23. The summed E-state index contributed by atoms with van der Waals surface area (Å²) in [5.41, 5.74) is -2.41. The van der Waals surface area contributed by atoms with E-state index in [0.29, 0.717) is 5.69 Å². The zero-order chi connectivity index (χ0) is 22.3. The molecule has 8 heteroatoms. The van der Waals surface area contributed by atoms with E-state index in [2.05, 4.69) is 9.97 Å². The molecule has 1 aromatic carbocycles. The van der Waals surface area contributed by atoms with E-state index in [4.69, 9.17) is 4.74 Å². The van der Waals surface area contributed by atoms with Crippen molar-refractivity contribution in [2.75, 3.05) is 7.11 Å². The van der Waals surface area contributed by atoms with Crippen molar-refractivity contribution in [3.05, 3.63) is 59.3 Å². The second-order valence-electron chi connectivity index (χ2n) is 8.17. The van der Waals surface area contributed by atoms with E-state index in [-0.39, 0.29) is 17.7 Å². The normalized spacial score (nSPS) is 16.3. The highest BCUT2D eigenvalue weighted by atomic mass is 19.4. The number of halogens is 4. The van der Waals surface area contributed by atoms with Crippen molar-refractivity contribution < 1.29 is 27.4 Å². The molecule has 0 saturated heterocycles. The molecule has 0 bridgehead atoms. The van der Waals surface area contributed by atoms with Crippen LogP contribution >= 0.6 is 0 Å². The number of benzene rings is 1. The number of aliphatic hydroxyl groups is 1. The number of aromatic nitrogens is 2. The van der Waals surface area contributed by atoms with Crippen LogP contribution in [-0.4, -0.2) is 34.0 Å². The number of rotatable bonds is 6. The van der Waals surface area contributed by atoms with Gasteiger partial charge in [-0.1, -0.05) is 0 Å². The molecule has 0 aliphatic heterocycles.